The van der Waals surface area contributed by atoms with Crippen molar-refractivity contribution in [2.45, 2.75) is 18.8 Å². The van der Waals surface area contributed by atoms with E-state index in [9.17, 15) is 4.79 Å². The quantitative estimate of drug-likeness (QED) is 0.548. The highest BCUT2D eigenvalue weighted by Crippen LogP contribution is 2.18. The van der Waals surface area contributed by atoms with Crippen molar-refractivity contribution >= 4 is 13.5 Å². The van der Waals surface area contributed by atoms with E-state index in [0.717, 1.165) is 16.9 Å². The Kier molecular flexibility index (Phi) is 6.65. The number of rotatable bonds is 9. The standard InChI is InChI=1S/C17H19BNO4/c19-12-23-18-16(17(20)21)10-13-6-8-15(9-7-13)22-11-14-4-2-1-3-5-14/h1-9,16H,10-12,19H2,(H,20,21)/t16-/m0/s1. The number of aliphatic carboxylic acids is 1. The van der Waals surface area contributed by atoms with Crippen molar-refractivity contribution in [2.75, 3.05) is 6.73 Å². The van der Waals surface area contributed by atoms with E-state index in [1.807, 2.05) is 54.6 Å². The van der Waals surface area contributed by atoms with Crippen LogP contribution in [0.15, 0.2) is 54.6 Å². The molecule has 3 N–H and O–H groups in total. The maximum absolute atomic E-state index is 11.2. The van der Waals surface area contributed by atoms with Gasteiger partial charge in [0.05, 0.1) is 12.5 Å². The third-order valence-corrected chi connectivity index (χ3v) is 3.30. The Morgan fingerprint density at radius 2 is 1.78 bits per heavy atom. The van der Waals surface area contributed by atoms with E-state index in [2.05, 4.69) is 0 Å². The molecule has 6 heteroatoms. The Morgan fingerprint density at radius 1 is 1.09 bits per heavy atom. The van der Waals surface area contributed by atoms with Crippen molar-refractivity contribution in [2.24, 2.45) is 5.73 Å². The Labute approximate surface area is 136 Å². The van der Waals surface area contributed by atoms with Gasteiger partial charge in [0.25, 0.3) is 0 Å². The van der Waals surface area contributed by atoms with Crippen LogP contribution in [0, 0.1) is 0 Å². The van der Waals surface area contributed by atoms with Gasteiger partial charge in [0.1, 0.15) is 12.4 Å². The molecule has 0 aliphatic heterocycles. The van der Waals surface area contributed by atoms with E-state index in [1.165, 1.54) is 7.48 Å². The summed E-state index contributed by atoms with van der Waals surface area (Å²) < 4.78 is 10.6. The summed E-state index contributed by atoms with van der Waals surface area (Å²) in [7, 11) is 1.27. The molecule has 0 bridgehead atoms. The molecule has 2 rings (SSSR count). The minimum absolute atomic E-state index is 0.0317. The molecule has 1 atom stereocenters. The Bertz CT molecular complexity index is 604. The van der Waals surface area contributed by atoms with Crippen LogP contribution in [0.3, 0.4) is 0 Å². The fourth-order valence-corrected chi connectivity index (χ4v) is 2.08. The molecule has 0 saturated heterocycles. The Morgan fingerprint density at radius 3 is 2.39 bits per heavy atom. The summed E-state index contributed by atoms with van der Waals surface area (Å²) in [5.74, 6) is -0.927. The SMILES string of the molecule is NCO[B][C@@H](Cc1ccc(OCc2ccccc2)cc1)C(=O)O. The lowest BCUT2D eigenvalue weighted by molar-refractivity contribution is -0.137. The molecule has 23 heavy (non-hydrogen) atoms. The molecule has 119 valence electrons. The first-order valence-electron chi connectivity index (χ1n) is 7.32. The zero-order chi connectivity index (χ0) is 16.5. The summed E-state index contributed by atoms with van der Waals surface area (Å²) in [6, 6.07) is 17.3. The summed E-state index contributed by atoms with van der Waals surface area (Å²) in [6.45, 7) is 0.464. The van der Waals surface area contributed by atoms with E-state index in [0.29, 0.717) is 13.0 Å². The number of carbonyl (C=O) groups is 1. The minimum atomic E-state index is -0.942. The molecule has 0 aliphatic carbocycles. The summed E-state index contributed by atoms with van der Waals surface area (Å²) in [4.78, 5) is 11.2. The van der Waals surface area contributed by atoms with Gasteiger partial charge in [0.15, 0.2) is 0 Å². The summed E-state index contributed by atoms with van der Waals surface area (Å²) in [6.07, 6.45) is 0.342. The normalized spacial score (nSPS) is 11.7. The van der Waals surface area contributed by atoms with Gasteiger partial charge in [-0.3, -0.25) is 4.79 Å². The molecule has 0 aromatic heterocycles. The zero-order valence-corrected chi connectivity index (χ0v) is 12.7. The van der Waals surface area contributed by atoms with Gasteiger partial charge in [-0.2, -0.15) is 0 Å². The molecule has 0 amide bonds. The number of carboxylic acids is 1. The monoisotopic (exact) mass is 312 g/mol. The fraction of sp³-hybridized carbons (Fsp3) is 0.235. The molecule has 2 aromatic carbocycles. The van der Waals surface area contributed by atoms with Crippen LogP contribution in [0.4, 0.5) is 0 Å². The van der Waals surface area contributed by atoms with Gasteiger partial charge >= 0.3 is 13.5 Å². The van der Waals surface area contributed by atoms with Crippen LogP contribution in [0.25, 0.3) is 0 Å². The third kappa shape index (κ3) is 5.77. The molecule has 0 saturated carbocycles. The number of benzene rings is 2. The van der Waals surface area contributed by atoms with Gasteiger partial charge in [-0.25, -0.2) is 0 Å². The first-order chi connectivity index (χ1) is 11.2. The van der Waals surface area contributed by atoms with E-state index in [-0.39, 0.29) is 6.73 Å². The van der Waals surface area contributed by atoms with E-state index >= 15 is 0 Å². The molecule has 0 spiro atoms. The number of hydrogen-bond donors (Lipinski definition) is 2. The topological polar surface area (TPSA) is 81.8 Å². The Hall–Kier alpha value is -2.31. The first kappa shape index (κ1) is 17.1. The highest BCUT2D eigenvalue weighted by atomic mass is 16.5. The van der Waals surface area contributed by atoms with Crippen LogP contribution >= 0.6 is 0 Å². The highest BCUT2D eigenvalue weighted by molar-refractivity contribution is 6.36. The van der Waals surface area contributed by atoms with Crippen molar-refractivity contribution in [3.05, 3.63) is 65.7 Å². The molecule has 2 aromatic rings. The first-order valence-corrected chi connectivity index (χ1v) is 7.32. The van der Waals surface area contributed by atoms with Gasteiger partial charge in [-0.1, -0.05) is 42.5 Å². The third-order valence-electron chi connectivity index (χ3n) is 3.30. The van der Waals surface area contributed by atoms with Crippen LogP contribution in [0.5, 0.6) is 5.75 Å². The van der Waals surface area contributed by atoms with Crippen molar-refractivity contribution in [1.82, 2.24) is 0 Å². The second-order valence-electron chi connectivity index (χ2n) is 5.04. The van der Waals surface area contributed by atoms with Crippen LogP contribution in [-0.4, -0.2) is 25.3 Å². The second-order valence-corrected chi connectivity index (χ2v) is 5.04. The number of ether oxygens (including phenoxy) is 1. The van der Waals surface area contributed by atoms with Crippen molar-refractivity contribution < 1.29 is 19.3 Å². The van der Waals surface area contributed by atoms with Crippen LogP contribution in [-0.2, 0) is 22.5 Å². The van der Waals surface area contributed by atoms with Crippen molar-refractivity contribution in [3.8, 4) is 5.75 Å². The maximum atomic E-state index is 11.2. The smallest absolute Gasteiger partial charge is 0.309 e. The van der Waals surface area contributed by atoms with E-state index in [4.69, 9.17) is 20.2 Å². The molecular formula is C17H19BNO4. The molecule has 5 nitrogen and oxygen atoms in total. The number of hydrogen-bond acceptors (Lipinski definition) is 4. The lowest BCUT2D eigenvalue weighted by atomic mass is 9.76. The predicted octanol–water partition coefficient (Wildman–Crippen LogP) is 2.23. The fourth-order valence-electron chi connectivity index (χ4n) is 2.08. The minimum Gasteiger partial charge on any atom is -0.489 e. The lowest BCUT2D eigenvalue weighted by Crippen LogP contribution is -2.21. The lowest BCUT2D eigenvalue weighted by Gasteiger charge is -2.11. The average Bonchev–Trinajstić information content (AvgIpc) is 2.58. The van der Waals surface area contributed by atoms with E-state index in [1.54, 1.807) is 0 Å². The van der Waals surface area contributed by atoms with Gasteiger partial charge in [0, 0.05) is 0 Å². The van der Waals surface area contributed by atoms with Gasteiger partial charge in [-0.15, -0.1) is 0 Å². The van der Waals surface area contributed by atoms with Crippen LogP contribution < -0.4 is 10.5 Å². The van der Waals surface area contributed by atoms with E-state index < -0.39 is 11.8 Å². The average molecular weight is 312 g/mol. The predicted molar refractivity (Wildman–Crippen MR) is 88.2 cm³/mol. The molecular weight excluding hydrogens is 293 g/mol. The van der Waals surface area contributed by atoms with Crippen molar-refractivity contribution in [1.29, 1.82) is 0 Å². The molecule has 0 fully saturated rings. The molecule has 0 aliphatic rings. The maximum Gasteiger partial charge on any atom is 0.309 e. The highest BCUT2D eigenvalue weighted by Gasteiger charge is 2.20. The molecule has 0 heterocycles. The molecule has 0 unspecified atom stereocenters. The van der Waals surface area contributed by atoms with Crippen molar-refractivity contribution in [3.63, 3.8) is 0 Å². The van der Waals surface area contributed by atoms with Crippen LogP contribution in [0.2, 0.25) is 5.82 Å². The van der Waals surface area contributed by atoms with Gasteiger partial charge in [0.2, 0.25) is 0 Å². The second kappa shape index (κ2) is 8.97. The van der Waals surface area contributed by atoms with Crippen LogP contribution in [0.1, 0.15) is 11.1 Å². The van der Waals surface area contributed by atoms with Gasteiger partial charge < -0.3 is 20.2 Å². The number of carboxylic acid groups (broad SMARTS) is 1. The largest absolute Gasteiger partial charge is 0.489 e. The summed E-state index contributed by atoms with van der Waals surface area (Å²) in [5.41, 5.74) is 7.19. The molecule has 1 radical (unpaired) electrons. The summed E-state index contributed by atoms with van der Waals surface area (Å²) in [5, 5.41) is 9.15. The van der Waals surface area contributed by atoms with Gasteiger partial charge in [-0.05, 0) is 29.7 Å². The zero-order valence-electron chi connectivity index (χ0n) is 12.7. The number of nitrogens with two attached hydrogens (primary N) is 1. The summed E-state index contributed by atoms with van der Waals surface area (Å²) >= 11 is 0. The Balaban J connectivity index is 1.89.